The number of ether oxygens (including phenoxy) is 2. The highest BCUT2D eigenvalue weighted by molar-refractivity contribution is 5.91. The molecular formula is C25H42O5. The van der Waals surface area contributed by atoms with E-state index in [-0.39, 0.29) is 13.2 Å². The molecule has 30 heavy (non-hydrogen) atoms. The Morgan fingerprint density at radius 2 is 1.57 bits per heavy atom. The zero-order chi connectivity index (χ0) is 22.1. The molecule has 1 saturated heterocycles. The summed E-state index contributed by atoms with van der Waals surface area (Å²) in [6.45, 7) is 3.09. The van der Waals surface area contributed by atoms with Gasteiger partial charge in [-0.15, -0.1) is 0 Å². The number of rotatable bonds is 17. The van der Waals surface area contributed by atoms with Crippen molar-refractivity contribution in [3.05, 3.63) is 23.8 Å². The predicted molar refractivity (Wildman–Crippen MR) is 120 cm³/mol. The Bertz CT molecular complexity index is 552. The Morgan fingerprint density at radius 3 is 2.13 bits per heavy atom. The SMILES string of the molecule is CCCCCCC/C=C/CCCCCCC/C=C1/CC(CO)(COC(C)=O)OC1=O. The Balaban J connectivity index is 2.07. The van der Waals surface area contributed by atoms with E-state index < -0.39 is 17.5 Å². The number of hydrogen-bond donors (Lipinski definition) is 1. The second-order valence-corrected chi connectivity index (χ2v) is 8.44. The molecule has 5 heteroatoms. The molecule has 0 aromatic rings. The van der Waals surface area contributed by atoms with Crippen molar-refractivity contribution in [3.8, 4) is 0 Å². The van der Waals surface area contributed by atoms with Crippen LogP contribution in [0.15, 0.2) is 23.8 Å². The van der Waals surface area contributed by atoms with E-state index in [2.05, 4.69) is 19.1 Å². The van der Waals surface area contributed by atoms with Crippen molar-refractivity contribution in [2.75, 3.05) is 13.2 Å². The molecule has 1 aliphatic rings. The van der Waals surface area contributed by atoms with E-state index in [1.165, 1.54) is 71.1 Å². The summed E-state index contributed by atoms with van der Waals surface area (Å²) in [6.07, 6.45) is 22.7. The Kier molecular flexibility index (Phi) is 14.2. The normalized spacial score (nSPS) is 20.2. The smallest absolute Gasteiger partial charge is 0.334 e. The van der Waals surface area contributed by atoms with E-state index in [9.17, 15) is 14.7 Å². The van der Waals surface area contributed by atoms with Crippen LogP contribution in [0.5, 0.6) is 0 Å². The van der Waals surface area contributed by atoms with Gasteiger partial charge in [-0.05, 0) is 38.5 Å². The van der Waals surface area contributed by atoms with Crippen LogP contribution in [0.3, 0.4) is 0 Å². The number of hydrogen-bond acceptors (Lipinski definition) is 5. The number of allylic oxidation sites excluding steroid dienone is 3. The van der Waals surface area contributed by atoms with Crippen molar-refractivity contribution in [2.24, 2.45) is 0 Å². The number of aliphatic hydroxyl groups is 1. The molecule has 1 rings (SSSR count). The molecule has 0 aromatic carbocycles. The van der Waals surface area contributed by atoms with Gasteiger partial charge in [0.05, 0.1) is 6.61 Å². The summed E-state index contributed by atoms with van der Waals surface area (Å²) < 4.78 is 10.2. The summed E-state index contributed by atoms with van der Waals surface area (Å²) in [7, 11) is 0. The molecule has 0 spiro atoms. The summed E-state index contributed by atoms with van der Waals surface area (Å²) in [6, 6.07) is 0. The van der Waals surface area contributed by atoms with Gasteiger partial charge in [0.25, 0.3) is 0 Å². The molecule has 0 amide bonds. The molecule has 0 aromatic heterocycles. The molecule has 172 valence electrons. The second-order valence-electron chi connectivity index (χ2n) is 8.44. The lowest BCUT2D eigenvalue weighted by Gasteiger charge is -2.23. The maximum absolute atomic E-state index is 12.0. The number of cyclic esters (lactones) is 1. The van der Waals surface area contributed by atoms with Gasteiger partial charge in [-0.25, -0.2) is 4.79 Å². The van der Waals surface area contributed by atoms with Crippen LogP contribution in [0.1, 0.15) is 104 Å². The summed E-state index contributed by atoms with van der Waals surface area (Å²) in [5, 5.41) is 9.57. The standard InChI is InChI=1S/C25H42O5/c1-3-4-5-6-7-8-9-10-11-12-13-14-15-16-17-18-23-19-25(20-26,30-24(23)28)21-29-22(2)27/h9-10,18,26H,3-8,11-17,19-21H2,1-2H3/b10-9+,23-18-. The summed E-state index contributed by atoms with van der Waals surface area (Å²) in [5.41, 5.74) is -0.534. The molecule has 1 atom stereocenters. The molecule has 1 N–H and O–H groups in total. The van der Waals surface area contributed by atoms with Crippen LogP contribution in [-0.4, -0.2) is 35.9 Å². The van der Waals surface area contributed by atoms with Gasteiger partial charge in [0.2, 0.25) is 0 Å². The zero-order valence-electron chi connectivity index (χ0n) is 19.1. The molecule has 0 bridgehead atoms. The van der Waals surface area contributed by atoms with Crippen molar-refractivity contribution >= 4 is 11.9 Å². The highest BCUT2D eigenvalue weighted by Gasteiger charge is 2.44. The molecule has 0 saturated carbocycles. The van der Waals surface area contributed by atoms with Gasteiger partial charge < -0.3 is 14.6 Å². The van der Waals surface area contributed by atoms with Crippen LogP contribution in [0, 0.1) is 0 Å². The minimum Gasteiger partial charge on any atom is -0.462 e. The molecule has 0 aliphatic carbocycles. The third-order valence-corrected chi connectivity index (χ3v) is 5.52. The lowest BCUT2D eigenvalue weighted by atomic mass is 9.98. The van der Waals surface area contributed by atoms with Gasteiger partial charge >= 0.3 is 11.9 Å². The molecule has 1 aliphatic heterocycles. The number of aliphatic hydroxyl groups excluding tert-OH is 1. The lowest BCUT2D eigenvalue weighted by molar-refractivity contribution is -0.164. The maximum atomic E-state index is 12.0. The van der Waals surface area contributed by atoms with Gasteiger partial charge in [0, 0.05) is 18.9 Å². The highest BCUT2D eigenvalue weighted by atomic mass is 16.6. The number of carbonyl (C=O) groups excluding carboxylic acids is 2. The number of esters is 2. The van der Waals surface area contributed by atoms with E-state index in [4.69, 9.17) is 9.47 Å². The Hall–Kier alpha value is -1.62. The molecule has 1 fully saturated rings. The minimum absolute atomic E-state index is 0.102. The molecular weight excluding hydrogens is 380 g/mol. The first-order valence-electron chi connectivity index (χ1n) is 11.8. The van der Waals surface area contributed by atoms with E-state index in [1.54, 1.807) is 0 Å². The van der Waals surface area contributed by atoms with Gasteiger partial charge in [0.1, 0.15) is 6.61 Å². The van der Waals surface area contributed by atoms with Crippen molar-refractivity contribution < 1.29 is 24.2 Å². The number of carbonyl (C=O) groups is 2. The van der Waals surface area contributed by atoms with E-state index in [1.807, 2.05) is 6.08 Å². The van der Waals surface area contributed by atoms with Crippen LogP contribution < -0.4 is 0 Å². The Labute approximate surface area is 182 Å². The average molecular weight is 423 g/mol. The van der Waals surface area contributed by atoms with Gasteiger partial charge in [0.15, 0.2) is 5.60 Å². The van der Waals surface area contributed by atoms with Crippen molar-refractivity contribution in [1.82, 2.24) is 0 Å². The zero-order valence-corrected chi connectivity index (χ0v) is 19.1. The third-order valence-electron chi connectivity index (χ3n) is 5.52. The molecule has 1 unspecified atom stereocenters. The van der Waals surface area contributed by atoms with Crippen molar-refractivity contribution in [1.29, 1.82) is 0 Å². The van der Waals surface area contributed by atoms with Gasteiger partial charge in [-0.3, -0.25) is 4.79 Å². The average Bonchev–Trinajstić information content (AvgIpc) is 3.05. The van der Waals surface area contributed by atoms with E-state index >= 15 is 0 Å². The second kappa shape index (κ2) is 16.1. The number of unbranched alkanes of at least 4 members (excludes halogenated alkanes) is 11. The summed E-state index contributed by atoms with van der Waals surface area (Å²) >= 11 is 0. The van der Waals surface area contributed by atoms with Crippen LogP contribution in [0.2, 0.25) is 0 Å². The van der Waals surface area contributed by atoms with E-state index in [0.717, 1.165) is 19.3 Å². The van der Waals surface area contributed by atoms with Crippen LogP contribution in [0.4, 0.5) is 0 Å². The van der Waals surface area contributed by atoms with E-state index in [0.29, 0.717) is 12.0 Å². The Morgan fingerprint density at radius 1 is 1.00 bits per heavy atom. The monoisotopic (exact) mass is 422 g/mol. The van der Waals surface area contributed by atoms with Gasteiger partial charge in [-0.1, -0.05) is 70.1 Å². The van der Waals surface area contributed by atoms with Crippen LogP contribution >= 0.6 is 0 Å². The fraction of sp³-hybridized carbons (Fsp3) is 0.760. The topological polar surface area (TPSA) is 72.8 Å². The van der Waals surface area contributed by atoms with Crippen molar-refractivity contribution in [3.63, 3.8) is 0 Å². The van der Waals surface area contributed by atoms with Crippen molar-refractivity contribution in [2.45, 2.75) is 109 Å². The quantitative estimate of drug-likeness (QED) is 0.139. The predicted octanol–water partition coefficient (Wildman–Crippen LogP) is 5.80. The van der Waals surface area contributed by atoms with Gasteiger partial charge in [-0.2, -0.15) is 0 Å². The minimum atomic E-state index is -1.11. The maximum Gasteiger partial charge on any atom is 0.334 e. The lowest BCUT2D eigenvalue weighted by Crippen LogP contribution is -2.39. The van der Waals surface area contributed by atoms with Crippen LogP contribution in [-0.2, 0) is 19.1 Å². The largest absolute Gasteiger partial charge is 0.462 e. The highest BCUT2D eigenvalue weighted by Crippen LogP contribution is 2.31. The first-order valence-corrected chi connectivity index (χ1v) is 11.8. The first kappa shape index (κ1) is 26.4. The fourth-order valence-electron chi connectivity index (χ4n) is 3.64. The summed E-state index contributed by atoms with van der Waals surface area (Å²) in [4.78, 5) is 23.0. The molecule has 5 nitrogen and oxygen atoms in total. The summed E-state index contributed by atoms with van der Waals surface area (Å²) in [5.74, 6) is -0.859. The van der Waals surface area contributed by atoms with Crippen LogP contribution in [0.25, 0.3) is 0 Å². The first-order chi connectivity index (χ1) is 14.5. The molecule has 0 radical (unpaired) electrons. The fourth-order valence-corrected chi connectivity index (χ4v) is 3.64. The molecule has 1 heterocycles. The third kappa shape index (κ3) is 11.5.